The van der Waals surface area contributed by atoms with E-state index in [0.29, 0.717) is 25.0 Å². The van der Waals surface area contributed by atoms with Crippen LogP contribution in [0.5, 0.6) is 17.6 Å². The first kappa shape index (κ1) is 26.0. The van der Waals surface area contributed by atoms with Crippen molar-refractivity contribution < 1.29 is 23.4 Å². The predicted octanol–water partition coefficient (Wildman–Crippen LogP) is 5.22. The Balaban J connectivity index is 1.49. The van der Waals surface area contributed by atoms with Crippen molar-refractivity contribution in [2.75, 3.05) is 32.9 Å². The van der Waals surface area contributed by atoms with E-state index in [1.807, 2.05) is 13.0 Å². The summed E-state index contributed by atoms with van der Waals surface area (Å²) in [6, 6.07) is 8.93. The fourth-order valence-corrected chi connectivity index (χ4v) is 5.28. The molecule has 5 rings (SSSR count). The minimum atomic E-state index is -0.593. The molecule has 200 valence electrons. The summed E-state index contributed by atoms with van der Waals surface area (Å²) in [5.41, 5.74) is 4.63. The van der Waals surface area contributed by atoms with Gasteiger partial charge >= 0.3 is 6.01 Å². The van der Waals surface area contributed by atoms with E-state index in [9.17, 15) is 9.50 Å². The van der Waals surface area contributed by atoms with Gasteiger partial charge in [-0.15, -0.1) is 0 Å². The molecule has 3 aromatic rings. The lowest BCUT2D eigenvalue weighted by Crippen LogP contribution is -2.26. The zero-order valence-electron chi connectivity index (χ0n) is 21.5. The van der Waals surface area contributed by atoms with Crippen molar-refractivity contribution in [3.05, 3.63) is 70.9 Å². The Kier molecular flexibility index (Phi) is 8.12. The summed E-state index contributed by atoms with van der Waals surface area (Å²) >= 11 is 0. The number of aromatic hydroxyl groups is 1. The zero-order valence-corrected chi connectivity index (χ0v) is 21.5. The molecule has 0 bridgehead atoms. The quantitative estimate of drug-likeness (QED) is 0.386. The van der Waals surface area contributed by atoms with E-state index in [1.54, 1.807) is 36.7 Å². The minimum Gasteiger partial charge on any atom is -0.508 e. The summed E-state index contributed by atoms with van der Waals surface area (Å²) in [5.74, 6) is -0.155. The molecular weight excluding hydrogens is 490 g/mol. The summed E-state index contributed by atoms with van der Waals surface area (Å²) < 4.78 is 39.2. The molecule has 1 saturated heterocycles. The number of hydrogen-bond donors (Lipinski definition) is 1. The third-order valence-corrected chi connectivity index (χ3v) is 7.00. The van der Waals surface area contributed by atoms with Crippen LogP contribution in [0.25, 0.3) is 11.1 Å². The van der Waals surface area contributed by atoms with E-state index >= 15 is 4.39 Å². The molecule has 1 aromatic carbocycles. The number of allylic oxidation sites excluding steroid dienone is 1. The minimum absolute atomic E-state index is 0.0409. The van der Waals surface area contributed by atoms with Crippen molar-refractivity contribution in [3.63, 3.8) is 0 Å². The van der Waals surface area contributed by atoms with Crippen LogP contribution in [-0.4, -0.2) is 64.0 Å². The number of likely N-dealkylation sites (tertiary alicyclic amines) is 1. The highest BCUT2D eigenvalue weighted by atomic mass is 19.1. The first-order chi connectivity index (χ1) is 18.6. The highest BCUT2D eigenvalue weighted by Gasteiger charge is 2.26. The third kappa shape index (κ3) is 5.78. The van der Waals surface area contributed by atoms with E-state index in [1.165, 1.54) is 0 Å². The smallest absolute Gasteiger partial charge is 0.316 e. The Labute approximate surface area is 221 Å². The van der Waals surface area contributed by atoms with Crippen LogP contribution in [0.1, 0.15) is 54.9 Å². The van der Waals surface area contributed by atoms with Gasteiger partial charge in [-0.05, 0) is 79.5 Å². The van der Waals surface area contributed by atoms with Gasteiger partial charge in [0.05, 0.1) is 13.3 Å². The maximum atomic E-state index is 15.3. The summed E-state index contributed by atoms with van der Waals surface area (Å²) in [5, 5.41) is 10.1. The van der Waals surface area contributed by atoms with Crippen LogP contribution in [0.4, 0.5) is 8.78 Å². The molecular formula is C29H32F2N4O3. The van der Waals surface area contributed by atoms with Crippen LogP contribution in [0.2, 0.25) is 0 Å². The van der Waals surface area contributed by atoms with E-state index in [2.05, 4.69) is 19.9 Å². The fourth-order valence-electron chi connectivity index (χ4n) is 5.28. The maximum Gasteiger partial charge on any atom is 0.316 e. The van der Waals surface area contributed by atoms with Gasteiger partial charge in [0.15, 0.2) is 0 Å². The lowest BCUT2D eigenvalue weighted by atomic mass is 9.89. The average Bonchev–Trinajstić information content (AvgIpc) is 3.27. The first-order valence-electron chi connectivity index (χ1n) is 13.2. The topological polar surface area (TPSA) is 80.6 Å². The van der Waals surface area contributed by atoms with Crippen molar-refractivity contribution in [2.45, 2.75) is 45.1 Å². The molecule has 0 radical (unpaired) electrons. The van der Waals surface area contributed by atoms with Crippen molar-refractivity contribution >= 4 is 11.1 Å². The Morgan fingerprint density at radius 2 is 1.92 bits per heavy atom. The van der Waals surface area contributed by atoms with Crippen LogP contribution >= 0.6 is 0 Å². The SMILES string of the molecule is CCOc1ccc(C2=C(c3cnc(O[C@H]4CCN(CCCF)C4)nc3)c3ccc(O)cc3CCC2)c(F)n1. The third-order valence-electron chi connectivity index (χ3n) is 7.00. The number of phenols is 1. The Bertz CT molecular complexity index is 1300. The molecule has 2 aliphatic rings. The number of fused-ring (bicyclic) bond motifs is 1. The Morgan fingerprint density at radius 1 is 1.11 bits per heavy atom. The van der Waals surface area contributed by atoms with E-state index in [0.717, 1.165) is 66.7 Å². The molecule has 1 N–H and O–H groups in total. The number of benzene rings is 1. The van der Waals surface area contributed by atoms with E-state index in [-0.39, 0.29) is 30.4 Å². The second-order valence-electron chi connectivity index (χ2n) is 9.60. The number of pyridine rings is 1. The van der Waals surface area contributed by atoms with Crippen molar-refractivity contribution in [1.82, 2.24) is 19.9 Å². The molecule has 0 spiro atoms. The van der Waals surface area contributed by atoms with E-state index in [4.69, 9.17) is 9.47 Å². The number of alkyl halides is 1. The van der Waals surface area contributed by atoms with Crippen molar-refractivity contribution in [3.8, 4) is 17.6 Å². The molecule has 38 heavy (non-hydrogen) atoms. The lowest BCUT2D eigenvalue weighted by Gasteiger charge is -2.18. The van der Waals surface area contributed by atoms with Gasteiger partial charge < -0.3 is 14.6 Å². The molecule has 0 amide bonds. The molecule has 7 nitrogen and oxygen atoms in total. The number of aromatic nitrogens is 3. The molecule has 2 aromatic heterocycles. The van der Waals surface area contributed by atoms with Crippen LogP contribution in [0.3, 0.4) is 0 Å². The van der Waals surface area contributed by atoms with Gasteiger partial charge in [-0.3, -0.25) is 9.29 Å². The number of ether oxygens (including phenoxy) is 2. The van der Waals surface area contributed by atoms with Gasteiger partial charge in [0, 0.05) is 49.2 Å². The van der Waals surface area contributed by atoms with Gasteiger partial charge in [0.2, 0.25) is 11.8 Å². The molecule has 9 heteroatoms. The summed E-state index contributed by atoms with van der Waals surface area (Å²) in [4.78, 5) is 15.2. The van der Waals surface area contributed by atoms with Crippen molar-refractivity contribution in [2.24, 2.45) is 0 Å². The highest BCUT2D eigenvalue weighted by Crippen LogP contribution is 2.41. The second kappa shape index (κ2) is 11.9. The van der Waals surface area contributed by atoms with Gasteiger partial charge in [-0.2, -0.15) is 9.37 Å². The van der Waals surface area contributed by atoms with Crippen LogP contribution in [-0.2, 0) is 6.42 Å². The van der Waals surface area contributed by atoms with Gasteiger partial charge in [0.1, 0.15) is 11.9 Å². The second-order valence-corrected chi connectivity index (χ2v) is 9.60. The molecule has 1 aliphatic carbocycles. The van der Waals surface area contributed by atoms with Crippen LogP contribution in [0.15, 0.2) is 42.7 Å². The zero-order chi connectivity index (χ0) is 26.5. The van der Waals surface area contributed by atoms with E-state index < -0.39 is 5.95 Å². The predicted molar refractivity (Wildman–Crippen MR) is 140 cm³/mol. The number of hydrogen-bond acceptors (Lipinski definition) is 7. The number of nitrogens with zero attached hydrogens (tertiary/aromatic N) is 4. The molecule has 0 unspecified atom stereocenters. The Morgan fingerprint density at radius 3 is 2.68 bits per heavy atom. The molecule has 1 atom stereocenters. The molecule has 0 saturated carbocycles. The fraction of sp³-hybridized carbons (Fsp3) is 0.414. The molecule has 1 aliphatic heterocycles. The monoisotopic (exact) mass is 522 g/mol. The van der Waals surface area contributed by atoms with Gasteiger partial charge in [-0.1, -0.05) is 6.07 Å². The normalized spacial score (nSPS) is 17.8. The average molecular weight is 523 g/mol. The molecule has 1 fully saturated rings. The number of halogens is 2. The summed E-state index contributed by atoms with van der Waals surface area (Å²) in [6.07, 6.45) is 6.88. The molecule has 3 heterocycles. The lowest BCUT2D eigenvalue weighted by molar-refractivity contribution is 0.183. The van der Waals surface area contributed by atoms with Gasteiger partial charge in [-0.25, -0.2) is 9.97 Å². The maximum absolute atomic E-state index is 15.3. The van der Waals surface area contributed by atoms with Crippen LogP contribution in [0, 0.1) is 5.95 Å². The largest absolute Gasteiger partial charge is 0.508 e. The number of rotatable bonds is 9. The van der Waals surface area contributed by atoms with Gasteiger partial charge in [0.25, 0.3) is 0 Å². The summed E-state index contributed by atoms with van der Waals surface area (Å²) in [7, 11) is 0. The highest BCUT2D eigenvalue weighted by molar-refractivity contribution is 5.99. The Hall–Kier alpha value is -3.59. The first-order valence-corrected chi connectivity index (χ1v) is 13.2. The van der Waals surface area contributed by atoms with Crippen molar-refractivity contribution in [1.29, 1.82) is 0 Å². The standard InChI is InChI=1S/C29H32F2N4O3/c1-2-37-26-10-9-25(28(31)34-26)24-6-3-5-19-15-21(36)7-8-23(19)27(24)20-16-32-29(33-17-20)38-22-11-14-35(18-22)13-4-12-30/h7-10,15-17,22,36H,2-6,11-14,18H2,1H3/t22-/m0/s1. The summed E-state index contributed by atoms with van der Waals surface area (Å²) in [6.45, 7) is 4.22. The van der Waals surface area contributed by atoms with Crippen LogP contribution < -0.4 is 9.47 Å². The number of phenolic OH excluding ortho intramolecular Hbond substituents is 1. The number of aryl methyl sites for hydroxylation is 1.